The van der Waals surface area contributed by atoms with Crippen molar-refractivity contribution in [2.45, 2.75) is 13.8 Å². The number of thiazole rings is 1. The van der Waals surface area contributed by atoms with Crippen LogP contribution < -0.4 is 5.32 Å². The molecule has 2 aromatic rings. The largest absolute Gasteiger partial charge is 0.383 e. The number of hydrogen-bond acceptors (Lipinski definition) is 4. The van der Waals surface area contributed by atoms with E-state index in [1.54, 1.807) is 18.4 Å². The summed E-state index contributed by atoms with van der Waals surface area (Å²) in [5, 5.41) is 5.40. The van der Waals surface area contributed by atoms with E-state index in [4.69, 9.17) is 4.74 Å². The lowest BCUT2D eigenvalue weighted by Gasteiger charge is -2.04. The molecule has 2 heterocycles. The van der Waals surface area contributed by atoms with Crippen LogP contribution in [-0.4, -0.2) is 36.2 Å². The summed E-state index contributed by atoms with van der Waals surface area (Å²) in [6.07, 6.45) is 4.26. The Hall–Kier alpha value is -1.17. The molecule has 2 aromatic heterocycles. The minimum absolute atomic E-state index is 0.744. The zero-order valence-electron chi connectivity index (χ0n) is 11.1. The molecule has 18 heavy (non-hydrogen) atoms. The van der Waals surface area contributed by atoms with Gasteiger partial charge in [-0.25, -0.2) is 4.98 Å². The van der Waals surface area contributed by atoms with Gasteiger partial charge in [0.05, 0.1) is 18.0 Å². The highest BCUT2D eigenvalue weighted by Gasteiger charge is 2.07. The first-order chi connectivity index (χ1) is 8.72. The molecule has 5 heteroatoms. The van der Waals surface area contributed by atoms with Crippen LogP contribution in [0.1, 0.15) is 18.3 Å². The van der Waals surface area contributed by atoms with Gasteiger partial charge < -0.3 is 10.1 Å². The molecule has 98 valence electrons. The smallest absolute Gasteiger partial charge is 0.194 e. The zero-order valence-corrected chi connectivity index (χ0v) is 11.9. The maximum absolute atomic E-state index is 5.00. The minimum Gasteiger partial charge on any atom is -0.383 e. The molecular formula is C13H19N3OS. The van der Waals surface area contributed by atoms with Gasteiger partial charge in [-0.15, -0.1) is 11.3 Å². The third-order valence-corrected chi connectivity index (χ3v) is 3.51. The molecule has 0 aliphatic heterocycles. The molecule has 0 atom stereocenters. The molecule has 0 aliphatic rings. The van der Waals surface area contributed by atoms with Crippen LogP contribution in [-0.2, 0) is 4.74 Å². The highest BCUT2D eigenvalue weighted by molar-refractivity contribution is 7.15. The Kier molecular flexibility index (Phi) is 4.52. The molecule has 0 spiro atoms. The number of aromatic nitrogens is 2. The summed E-state index contributed by atoms with van der Waals surface area (Å²) in [7, 11) is 1.72. The van der Waals surface area contributed by atoms with E-state index in [1.165, 1.54) is 11.3 Å². The molecule has 0 aromatic carbocycles. The van der Waals surface area contributed by atoms with E-state index in [0.29, 0.717) is 0 Å². The van der Waals surface area contributed by atoms with Gasteiger partial charge in [-0.05, 0) is 19.9 Å². The van der Waals surface area contributed by atoms with Gasteiger partial charge in [0, 0.05) is 31.8 Å². The van der Waals surface area contributed by atoms with Gasteiger partial charge in [0.2, 0.25) is 0 Å². The summed E-state index contributed by atoms with van der Waals surface area (Å²) in [5.41, 5.74) is 3.55. The van der Waals surface area contributed by atoms with Crippen LogP contribution in [0.2, 0.25) is 0 Å². The van der Waals surface area contributed by atoms with Crippen molar-refractivity contribution in [3.63, 3.8) is 0 Å². The van der Waals surface area contributed by atoms with Crippen LogP contribution in [0.4, 0.5) is 0 Å². The van der Waals surface area contributed by atoms with Crippen LogP contribution in [0.15, 0.2) is 17.2 Å². The SMILES string of the molecule is COCCNCC(C)=Cc1c(C)nc2sccn12. The Bertz CT molecular complexity index is 541. The third kappa shape index (κ3) is 2.98. The monoisotopic (exact) mass is 265 g/mol. The Morgan fingerprint density at radius 3 is 3.22 bits per heavy atom. The lowest BCUT2D eigenvalue weighted by molar-refractivity contribution is 0.200. The van der Waals surface area contributed by atoms with Crippen LogP contribution in [0.3, 0.4) is 0 Å². The molecule has 0 saturated heterocycles. The van der Waals surface area contributed by atoms with Crippen molar-refractivity contribution in [2.24, 2.45) is 0 Å². The maximum atomic E-state index is 5.00. The second kappa shape index (κ2) is 6.13. The number of imidazole rings is 1. The van der Waals surface area contributed by atoms with Crippen LogP contribution in [0.25, 0.3) is 11.0 Å². The van der Waals surface area contributed by atoms with E-state index in [-0.39, 0.29) is 0 Å². The van der Waals surface area contributed by atoms with E-state index in [1.807, 2.05) is 0 Å². The molecule has 0 unspecified atom stereocenters. The molecule has 0 saturated carbocycles. The number of hydrogen-bond donors (Lipinski definition) is 1. The van der Waals surface area contributed by atoms with Crippen molar-refractivity contribution in [1.29, 1.82) is 0 Å². The number of aryl methyl sites for hydroxylation is 1. The predicted molar refractivity (Wildman–Crippen MR) is 76.2 cm³/mol. The van der Waals surface area contributed by atoms with Crippen LogP contribution in [0.5, 0.6) is 0 Å². The molecule has 2 rings (SSSR count). The maximum Gasteiger partial charge on any atom is 0.194 e. The van der Waals surface area contributed by atoms with Crippen LogP contribution >= 0.6 is 11.3 Å². The molecule has 4 nitrogen and oxygen atoms in total. The van der Waals surface area contributed by atoms with E-state index in [9.17, 15) is 0 Å². The zero-order chi connectivity index (χ0) is 13.0. The first-order valence-electron chi connectivity index (χ1n) is 6.01. The van der Waals surface area contributed by atoms with Gasteiger partial charge >= 0.3 is 0 Å². The first kappa shape index (κ1) is 13.3. The fourth-order valence-corrected chi connectivity index (χ4v) is 2.60. The van der Waals surface area contributed by atoms with Crippen molar-refractivity contribution in [2.75, 3.05) is 26.8 Å². The van der Waals surface area contributed by atoms with Crippen molar-refractivity contribution in [3.8, 4) is 0 Å². The van der Waals surface area contributed by atoms with Gasteiger partial charge in [-0.1, -0.05) is 5.57 Å². The number of ether oxygens (including phenoxy) is 1. The van der Waals surface area contributed by atoms with E-state index in [0.717, 1.165) is 30.4 Å². The second-order valence-electron chi connectivity index (χ2n) is 4.30. The lowest BCUT2D eigenvalue weighted by atomic mass is 10.2. The number of rotatable bonds is 6. The number of nitrogens with zero attached hydrogens (tertiary/aromatic N) is 2. The summed E-state index contributed by atoms with van der Waals surface area (Å²) in [4.78, 5) is 5.59. The minimum atomic E-state index is 0.744. The Morgan fingerprint density at radius 2 is 2.44 bits per heavy atom. The Labute approximate surface area is 111 Å². The van der Waals surface area contributed by atoms with Crippen molar-refractivity contribution in [1.82, 2.24) is 14.7 Å². The van der Waals surface area contributed by atoms with E-state index < -0.39 is 0 Å². The number of methoxy groups -OCH3 is 1. The van der Waals surface area contributed by atoms with Gasteiger partial charge in [-0.3, -0.25) is 4.40 Å². The second-order valence-corrected chi connectivity index (χ2v) is 5.17. The molecule has 0 bridgehead atoms. The van der Waals surface area contributed by atoms with Crippen molar-refractivity contribution >= 4 is 22.4 Å². The van der Waals surface area contributed by atoms with Crippen molar-refractivity contribution < 1.29 is 4.74 Å². The number of nitrogens with one attached hydrogen (secondary N) is 1. The van der Waals surface area contributed by atoms with E-state index in [2.05, 4.69) is 46.2 Å². The summed E-state index contributed by atoms with van der Waals surface area (Å²) in [5.74, 6) is 0. The van der Waals surface area contributed by atoms with Gasteiger partial charge in [0.25, 0.3) is 0 Å². The highest BCUT2D eigenvalue weighted by Crippen LogP contribution is 2.18. The molecule has 0 fully saturated rings. The Balaban J connectivity index is 2.06. The summed E-state index contributed by atoms with van der Waals surface area (Å²) >= 11 is 1.66. The summed E-state index contributed by atoms with van der Waals surface area (Å²) in [6.45, 7) is 6.68. The molecule has 1 N–H and O–H groups in total. The average molecular weight is 265 g/mol. The standard InChI is InChI=1S/C13H19N3OS/c1-10(9-14-4-6-17-3)8-12-11(2)15-13-16(12)5-7-18-13/h5,7-8,14H,4,6,9H2,1-3H3. The summed E-state index contributed by atoms with van der Waals surface area (Å²) < 4.78 is 7.14. The van der Waals surface area contributed by atoms with E-state index >= 15 is 0 Å². The van der Waals surface area contributed by atoms with Gasteiger partial charge in [-0.2, -0.15) is 0 Å². The quantitative estimate of drug-likeness (QED) is 0.815. The molecular weight excluding hydrogens is 246 g/mol. The predicted octanol–water partition coefficient (Wildman–Crippen LogP) is 2.34. The van der Waals surface area contributed by atoms with Crippen molar-refractivity contribution in [3.05, 3.63) is 28.5 Å². The Morgan fingerprint density at radius 1 is 1.61 bits per heavy atom. The molecule has 0 radical (unpaired) electrons. The fourth-order valence-electron chi connectivity index (χ4n) is 1.83. The third-order valence-electron chi connectivity index (χ3n) is 2.75. The molecule has 0 aliphatic carbocycles. The lowest BCUT2D eigenvalue weighted by Crippen LogP contribution is -2.20. The number of fused-ring (bicyclic) bond motifs is 1. The summed E-state index contributed by atoms with van der Waals surface area (Å²) in [6, 6.07) is 0. The highest BCUT2D eigenvalue weighted by atomic mass is 32.1. The molecule has 0 amide bonds. The normalized spacial score (nSPS) is 12.5. The van der Waals surface area contributed by atoms with Gasteiger partial charge in [0.15, 0.2) is 4.96 Å². The fraction of sp³-hybridized carbons (Fsp3) is 0.462. The van der Waals surface area contributed by atoms with Gasteiger partial charge in [0.1, 0.15) is 0 Å². The first-order valence-corrected chi connectivity index (χ1v) is 6.89. The topological polar surface area (TPSA) is 38.6 Å². The van der Waals surface area contributed by atoms with Crippen LogP contribution in [0, 0.1) is 6.92 Å². The average Bonchev–Trinajstić information content (AvgIpc) is 2.89.